The predicted octanol–water partition coefficient (Wildman–Crippen LogP) is 7.96. The minimum Gasteiger partial charge on any atom is -0.390 e. The molecule has 2 heterocycles. The third kappa shape index (κ3) is 7.12. The van der Waals surface area contributed by atoms with Gasteiger partial charge in [-0.05, 0) is 107 Å². The second kappa shape index (κ2) is 18.5. The summed E-state index contributed by atoms with van der Waals surface area (Å²) in [5.74, 6) is -5.34. The van der Waals surface area contributed by atoms with Crippen LogP contribution in [0.25, 0.3) is 0 Å². The molecule has 0 spiro atoms. The van der Waals surface area contributed by atoms with Crippen LogP contribution in [0, 0.1) is 45.3 Å². The van der Waals surface area contributed by atoms with E-state index in [4.69, 9.17) is 18.9 Å². The Kier molecular flexibility index (Phi) is 15.1. The van der Waals surface area contributed by atoms with Crippen LogP contribution >= 0.6 is 61.2 Å². The molecular formula is C49H67F4I3O12. The lowest BCUT2D eigenvalue weighted by Gasteiger charge is -2.64. The van der Waals surface area contributed by atoms with E-state index in [0.29, 0.717) is 12.8 Å². The maximum Gasteiger partial charge on any atom is 0.193 e. The Bertz CT molecular complexity index is 2130. The summed E-state index contributed by atoms with van der Waals surface area (Å²) in [6.45, 7) is 10.7. The molecule has 68 heavy (non-hydrogen) atoms. The van der Waals surface area contributed by atoms with Crippen molar-refractivity contribution in [3.63, 3.8) is 0 Å². The van der Waals surface area contributed by atoms with E-state index in [-0.39, 0.29) is 104 Å². The van der Waals surface area contributed by atoms with Crippen molar-refractivity contribution in [1.82, 2.24) is 0 Å². The topological polar surface area (TPSA) is 186 Å². The SMILES string of the molecule is CC1(C)O[C@@H]2CC3C4C[C@H](F)C5=CC(=O)CC[C@]5(C)[C@@]4(F)[C@@H](O)C[C@]3(C)[C@]2(C(=O)CO)O1.CCC[C@@H]1O[C@@H]2CC3C4C[C@H](F)C5=CC(=O)CC[C@]5(C)[C@@]4(F)[C@@H](O)C[C@]3(C)[C@]2(C(=O)CO)O1.I.II. The van der Waals surface area contributed by atoms with Crippen molar-refractivity contribution in [1.29, 1.82) is 0 Å². The number of carbonyl (C=O) groups is 4. The van der Waals surface area contributed by atoms with Gasteiger partial charge in [-0.1, -0.05) is 41.0 Å². The molecule has 2 aliphatic heterocycles. The van der Waals surface area contributed by atoms with Gasteiger partial charge in [0, 0.05) is 83.6 Å². The second-order valence-electron chi connectivity index (χ2n) is 22.6. The Balaban J connectivity index is 0.000000192. The molecule has 12 nitrogen and oxygen atoms in total. The van der Waals surface area contributed by atoms with Crippen molar-refractivity contribution >= 4 is 84.3 Å². The second-order valence-corrected chi connectivity index (χ2v) is 22.6. The molecule has 8 aliphatic carbocycles. The van der Waals surface area contributed by atoms with Crippen molar-refractivity contribution in [3.8, 4) is 0 Å². The molecule has 6 saturated carbocycles. The summed E-state index contributed by atoms with van der Waals surface area (Å²) in [5, 5.41) is 42.4. The van der Waals surface area contributed by atoms with Crippen LogP contribution in [0.5, 0.6) is 0 Å². The lowest BCUT2D eigenvalue weighted by molar-refractivity contribution is -0.254. The summed E-state index contributed by atoms with van der Waals surface area (Å²) in [4.78, 5) is 50.4. The highest BCUT2D eigenvalue weighted by molar-refractivity contribution is 15.0. The van der Waals surface area contributed by atoms with E-state index in [9.17, 15) is 39.6 Å². The number of aliphatic hydroxyl groups excluding tert-OH is 4. The summed E-state index contributed by atoms with van der Waals surface area (Å²) < 4.78 is 90.1. The van der Waals surface area contributed by atoms with Crippen LogP contribution in [0.3, 0.4) is 0 Å². The van der Waals surface area contributed by atoms with Gasteiger partial charge in [0.05, 0.1) is 24.4 Å². The zero-order chi connectivity index (χ0) is 49.5. The maximum atomic E-state index is 17.2. The fourth-order valence-corrected chi connectivity index (χ4v) is 16.6. The molecule has 0 amide bonds. The lowest BCUT2D eigenvalue weighted by Crippen LogP contribution is -2.71. The number of fused-ring (bicyclic) bond motifs is 14. The maximum absolute atomic E-state index is 17.2. The number of Topliss-reactive ketones (excluding diaryl/α,β-unsaturated/α-hetero) is 2. The van der Waals surface area contributed by atoms with Crippen molar-refractivity contribution in [2.24, 2.45) is 45.3 Å². The first-order valence-electron chi connectivity index (χ1n) is 23.9. The molecule has 0 aromatic carbocycles. The molecule has 4 unspecified atom stereocenters. The predicted molar refractivity (Wildman–Crippen MR) is 266 cm³/mol. The van der Waals surface area contributed by atoms with Gasteiger partial charge in [-0.2, -0.15) is 0 Å². The zero-order valence-electron chi connectivity index (χ0n) is 39.6. The molecule has 0 radical (unpaired) electrons. The lowest BCUT2D eigenvalue weighted by atomic mass is 9.43. The number of rotatable bonds is 6. The van der Waals surface area contributed by atoms with Gasteiger partial charge in [0.25, 0.3) is 0 Å². The van der Waals surface area contributed by atoms with Crippen molar-refractivity contribution in [3.05, 3.63) is 23.3 Å². The molecular weight excluding hydrogens is 1240 g/mol. The Labute approximate surface area is 435 Å². The molecule has 0 bridgehead atoms. The largest absolute Gasteiger partial charge is 0.390 e. The molecule has 19 atom stereocenters. The zero-order valence-corrected chi connectivity index (χ0v) is 46.3. The number of alkyl halides is 4. The van der Waals surface area contributed by atoms with Gasteiger partial charge < -0.3 is 39.4 Å². The molecule has 10 aliphatic rings. The number of aliphatic hydroxyl groups is 4. The van der Waals surface area contributed by atoms with E-state index in [1.54, 1.807) is 41.5 Å². The molecule has 4 N–H and O–H groups in total. The Morgan fingerprint density at radius 1 is 0.691 bits per heavy atom. The van der Waals surface area contributed by atoms with E-state index in [1.807, 2.05) is 6.92 Å². The van der Waals surface area contributed by atoms with Gasteiger partial charge in [-0.3, -0.25) is 19.2 Å². The standard InChI is InChI=1S/C25H34F2O6.C24H32F2O6.I2.HI/c1-4-5-21-32-20-10-14-15-9-17(26)16-8-13(29)6-7-22(16,2)24(15,27)18(30)11-23(14,3)25(20,33-21)19(31)12-28;1-20(2)31-19-9-13-14-8-16(25)15-7-12(28)5-6-21(15,3)23(14,26)17(29)10-22(13,4)24(19,32-20)18(30)11-27;1-2;/h8,14-15,17-18,20-21,28,30H,4-7,9-12H2,1-3H3;7,13-14,16-17,19,27,29H,5-6,8-11H2,1-4H3;;1H/t14?,15?,17-,18-,20+,21+,22-,23-,24-,25+;13?,14?,16-,17-,19+,21-,22-,23-,24+;;/m00../s1. The molecule has 10 rings (SSSR count). The van der Waals surface area contributed by atoms with Crippen LogP contribution in [0.15, 0.2) is 23.3 Å². The van der Waals surface area contributed by atoms with Gasteiger partial charge in [0.2, 0.25) is 0 Å². The van der Waals surface area contributed by atoms with Crippen molar-refractivity contribution < 1.29 is 76.1 Å². The van der Waals surface area contributed by atoms with E-state index in [2.05, 4.69) is 37.2 Å². The van der Waals surface area contributed by atoms with Gasteiger partial charge in [-0.15, -0.1) is 24.0 Å². The quantitative estimate of drug-likeness (QED) is 0.149. The molecule has 8 fully saturated rings. The van der Waals surface area contributed by atoms with Crippen LogP contribution in [0.1, 0.15) is 126 Å². The number of carbonyl (C=O) groups excluding carboxylic acids is 4. The third-order valence-electron chi connectivity index (χ3n) is 19.5. The summed E-state index contributed by atoms with van der Waals surface area (Å²) in [5.41, 5.74) is -11.7. The Morgan fingerprint density at radius 2 is 1.12 bits per heavy atom. The van der Waals surface area contributed by atoms with Crippen LogP contribution in [0.2, 0.25) is 0 Å². The van der Waals surface area contributed by atoms with Gasteiger partial charge >= 0.3 is 0 Å². The van der Waals surface area contributed by atoms with Gasteiger partial charge in [0.1, 0.15) is 36.9 Å². The summed E-state index contributed by atoms with van der Waals surface area (Å²) >= 11 is 4.24. The Morgan fingerprint density at radius 3 is 1.56 bits per heavy atom. The van der Waals surface area contributed by atoms with Crippen molar-refractivity contribution in [2.45, 2.75) is 197 Å². The first kappa shape index (κ1) is 55.5. The molecule has 0 aromatic heterocycles. The average molecular weight is 1300 g/mol. The normalized spacial score (nSPS) is 51.1. The summed E-state index contributed by atoms with van der Waals surface area (Å²) in [7, 11) is 0. The first-order chi connectivity index (χ1) is 31.3. The molecule has 2 saturated heterocycles. The van der Waals surface area contributed by atoms with E-state index in [0.717, 1.165) is 6.42 Å². The molecule has 19 heteroatoms. The van der Waals surface area contributed by atoms with E-state index < -0.39 is 141 Å². The monoisotopic (exact) mass is 1300 g/mol. The highest BCUT2D eigenvalue weighted by Crippen LogP contribution is 2.75. The van der Waals surface area contributed by atoms with Crippen molar-refractivity contribution in [2.75, 3.05) is 13.2 Å². The average Bonchev–Trinajstić information content (AvgIpc) is 3.93. The van der Waals surface area contributed by atoms with Gasteiger partial charge in [-0.25, -0.2) is 17.6 Å². The van der Waals surface area contributed by atoms with E-state index >= 15 is 17.6 Å². The van der Waals surface area contributed by atoms with Crippen LogP contribution in [0.4, 0.5) is 17.6 Å². The minimum absolute atomic E-state index is 0. The summed E-state index contributed by atoms with van der Waals surface area (Å²) in [6.07, 6.45) is -3.60. The number of halogens is 7. The third-order valence-corrected chi connectivity index (χ3v) is 19.5. The van der Waals surface area contributed by atoms with E-state index in [1.165, 1.54) is 12.2 Å². The molecule has 384 valence electrons. The fraction of sp³-hybridized carbons (Fsp3) is 0.837. The number of allylic oxidation sites excluding steroid dienone is 2. The minimum atomic E-state index is -2.15. The number of hydrogen-bond acceptors (Lipinski definition) is 12. The highest BCUT2D eigenvalue weighted by Gasteiger charge is 2.82. The molecule has 0 aromatic rings. The van der Waals surface area contributed by atoms with Crippen LogP contribution in [-0.4, -0.2) is 128 Å². The van der Waals surface area contributed by atoms with Gasteiger partial charge in [0.15, 0.2) is 46.4 Å². The van der Waals surface area contributed by atoms with Crippen LogP contribution < -0.4 is 0 Å². The smallest absolute Gasteiger partial charge is 0.193 e. The Hall–Kier alpha value is -0.250. The fourth-order valence-electron chi connectivity index (χ4n) is 16.6. The first-order valence-corrected chi connectivity index (χ1v) is 30.2. The van der Waals surface area contributed by atoms with Crippen LogP contribution in [-0.2, 0) is 38.1 Å². The number of ketones is 4. The number of ether oxygens (including phenoxy) is 4. The highest BCUT2D eigenvalue weighted by atomic mass is 128. The number of hydrogen-bond donors (Lipinski definition) is 4. The summed E-state index contributed by atoms with van der Waals surface area (Å²) in [6, 6.07) is 0.